The summed E-state index contributed by atoms with van der Waals surface area (Å²) < 4.78 is 13.6. The third-order valence-electron chi connectivity index (χ3n) is 2.33. The maximum Gasteiger partial charge on any atom is 0.127 e. The van der Waals surface area contributed by atoms with Gasteiger partial charge in [-0.25, -0.2) is 4.39 Å². The molecule has 0 radical (unpaired) electrons. The molecule has 0 aromatic heterocycles. The summed E-state index contributed by atoms with van der Waals surface area (Å²) in [6.45, 7) is 7.79. The molecule has 0 spiro atoms. The van der Waals surface area contributed by atoms with Crippen LogP contribution >= 0.6 is 0 Å². The lowest BCUT2D eigenvalue weighted by Crippen LogP contribution is -2.13. The molecule has 0 aliphatic rings. The van der Waals surface area contributed by atoms with E-state index in [9.17, 15) is 4.39 Å². The molecule has 0 amide bonds. The highest BCUT2D eigenvalue weighted by Gasteiger charge is 2.04. The van der Waals surface area contributed by atoms with E-state index in [1.165, 1.54) is 0 Å². The predicted octanol–water partition coefficient (Wildman–Crippen LogP) is 3.13. The minimum absolute atomic E-state index is 0.0888. The Hall–Kier alpha value is -0.890. The fourth-order valence-corrected chi connectivity index (χ4v) is 1.59. The van der Waals surface area contributed by atoms with Gasteiger partial charge in [-0.1, -0.05) is 32.9 Å². The van der Waals surface area contributed by atoms with Crippen molar-refractivity contribution in [3.05, 3.63) is 35.1 Å². The van der Waals surface area contributed by atoms with Crippen molar-refractivity contribution in [2.75, 3.05) is 6.54 Å². The lowest BCUT2D eigenvalue weighted by Gasteiger charge is -2.08. The van der Waals surface area contributed by atoms with Gasteiger partial charge in [0.2, 0.25) is 0 Å². The van der Waals surface area contributed by atoms with Gasteiger partial charge in [0.25, 0.3) is 0 Å². The largest absolute Gasteiger partial charge is 0.313 e. The first-order valence-electron chi connectivity index (χ1n) is 5.61. The molecule has 1 nitrogen and oxygen atoms in total. The monoisotopic (exact) mass is 209 g/mol. The minimum Gasteiger partial charge on any atom is -0.313 e. The molecule has 0 saturated carbocycles. The molecular formula is C13H20FN. The molecule has 1 aromatic rings. The van der Waals surface area contributed by atoms with Crippen LogP contribution in [0.2, 0.25) is 0 Å². The van der Waals surface area contributed by atoms with Crippen LogP contribution in [0.25, 0.3) is 0 Å². The van der Waals surface area contributed by atoms with Crippen LogP contribution in [-0.2, 0) is 13.0 Å². The van der Waals surface area contributed by atoms with Crippen molar-refractivity contribution in [2.45, 2.75) is 33.7 Å². The van der Waals surface area contributed by atoms with Gasteiger partial charge in [0.1, 0.15) is 5.82 Å². The van der Waals surface area contributed by atoms with Crippen LogP contribution in [0.4, 0.5) is 4.39 Å². The van der Waals surface area contributed by atoms with Gasteiger partial charge in [-0.2, -0.15) is 0 Å². The van der Waals surface area contributed by atoms with Crippen LogP contribution in [0.3, 0.4) is 0 Å². The third-order valence-corrected chi connectivity index (χ3v) is 2.33. The van der Waals surface area contributed by atoms with Crippen LogP contribution < -0.4 is 5.32 Å². The summed E-state index contributed by atoms with van der Waals surface area (Å²) >= 11 is 0. The van der Waals surface area contributed by atoms with Gasteiger partial charge in [0.15, 0.2) is 0 Å². The second-order valence-electron chi connectivity index (χ2n) is 4.30. The van der Waals surface area contributed by atoms with Gasteiger partial charge in [-0.05, 0) is 30.5 Å². The summed E-state index contributed by atoms with van der Waals surface area (Å²) in [5.74, 6) is 0.484. The molecule has 0 heterocycles. The number of halogens is 1. The molecule has 1 rings (SSSR count). The zero-order chi connectivity index (χ0) is 11.3. The predicted molar refractivity (Wildman–Crippen MR) is 62.3 cm³/mol. The van der Waals surface area contributed by atoms with E-state index in [2.05, 4.69) is 19.2 Å². The van der Waals surface area contributed by atoms with Gasteiger partial charge < -0.3 is 5.32 Å². The highest BCUT2D eigenvalue weighted by Crippen LogP contribution is 2.13. The average molecular weight is 209 g/mol. The molecule has 15 heavy (non-hydrogen) atoms. The number of hydrogen-bond donors (Lipinski definition) is 1. The highest BCUT2D eigenvalue weighted by molar-refractivity contribution is 5.24. The van der Waals surface area contributed by atoms with Crippen LogP contribution in [0.1, 0.15) is 31.9 Å². The van der Waals surface area contributed by atoms with Crippen molar-refractivity contribution in [1.29, 1.82) is 0 Å². The first kappa shape index (κ1) is 12.2. The molecule has 84 valence electrons. The lowest BCUT2D eigenvalue weighted by molar-refractivity contribution is 0.585. The maximum absolute atomic E-state index is 13.6. The Kier molecular flexibility index (Phi) is 4.76. The van der Waals surface area contributed by atoms with Crippen LogP contribution in [0.15, 0.2) is 18.2 Å². The fourth-order valence-electron chi connectivity index (χ4n) is 1.59. The van der Waals surface area contributed by atoms with E-state index >= 15 is 0 Å². The summed E-state index contributed by atoms with van der Waals surface area (Å²) in [6.07, 6.45) is 0.943. The molecular weight excluding hydrogens is 189 g/mol. The van der Waals surface area contributed by atoms with Crippen molar-refractivity contribution >= 4 is 0 Å². The van der Waals surface area contributed by atoms with E-state index in [0.717, 1.165) is 24.1 Å². The average Bonchev–Trinajstić information content (AvgIpc) is 2.15. The molecule has 0 aliphatic heterocycles. The maximum atomic E-state index is 13.6. The van der Waals surface area contributed by atoms with Gasteiger partial charge in [-0.15, -0.1) is 0 Å². The Morgan fingerprint density at radius 3 is 2.60 bits per heavy atom. The summed E-state index contributed by atoms with van der Waals surface area (Å²) in [7, 11) is 0. The Morgan fingerprint density at radius 1 is 1.33 bits per heavy atom. The van der Waals surface area contributed by atoms with Gasteiger partial charge in [0, 0.05) is 12.1 Å². The molecule has 0 unspecified atom stereocenters. The second kappa shape index (κ2) is 5.86. The Labute approximate surface area is 91.7 Å². The normalized spacial score (nSPS) is 11.0. The Morgan fingerprint density at radius 2 is 2.07 bits per heavy atom. The topological polar surface area (TPSA) is 12.0 Å². The minimum atomic E-state index is -0.0888. The molecule has 2 heteroatoms. The molecule has 1 aromatic carbocycles. The molecule has 0 saturated heterocycles. The SMILES string of the molecule is CCNCc1ccc(CC(C)C)cc1F. The summed E-state index contributed by atoms with van der Waals surface area (Å²) in [5.41, 5.74) is 1.84. The molecule has 0 aliphatic carbocycles. The summed E-state index contributed by atoms with van der Waals surface area (Å²) in [4.78, 5) is 0. The quantitative estimate of drug-likeness (QED) is 0.785. The van der Waals surface area contributed by atoms with Crippen molar-refractivity contribution in [1.82, 2.24) is 5.32 Å². The highest BCUT2D eigenvalue weighted by atomic mass is 19.1. The van der Waals surface area contributed by atoms with E-state index in [4.69, 9.17) is 0 Å². The van der Waals surface area contributed by atoms with Crippen LogP contribution in [-0.4, -0.2) is 6.54 Å². The van der Waals surface area contributed by atoms with Crippen molar-refractivity contribution in [2.24, 2.45) is 5.92 Å². The zero-order valence-corrected chi connectivity index (χ0v) is 9.81. The number of nitrogens with one attached hydrogen (secondary N) is 1. The molecule has 1 N–H and O–H groups in total. The Bertz CT molecular complexity index is 307. The van der Waals surface area contributed by atoms with Gasteiger partial charge >= 0.3 is 0 Å². The van der Waals surface area contributed by atoms with E-state index in [1.54, 1.807) is 6.07 Å². The van der Waals surface area contributed by atoms with Gasteiger partial charge in [-0.3, -0.25) is 0 Å². The van der Waals surface area contributed by atoms with Crippen LogP contribution in [0, 0.1) is 11.7 Å². The standard InChI is InChI=1S/C13H20FN/c1-4-15-9-12-6-5-11(7-10(2)3)8-13(12)14/h5-6,8,10,15H,4,7,9H2,1-3H3. The number of rotatable bonds is 5. The number of benzene rings is 1. The van der Waals surface area contributed by atoms with E-state index < -0.39 is 0 Å². The van der Waals surface area contributed by atoms with E-state index in [0.29, 0.717) is 12.5 Å². The summed E-state index contributed by atoms with van der Waals surface area (Å²) in [5, 5.41) is 3.13. The second-order valence-corrected chi connectivity index (χ2v) is 4.30. The lowest BCUT2D eigenvalue weighted by atomic mass is 10.0. The van der Waals surface area contributed by atoms with Crippen molar-refractivity contribution in [3.63, 3.8) is 0 Å². The number of hydrogen-bond acceptors (Lipinski definition) is 1. The Balaban J connectivity index is 2.69. The van der Waals surface area contributed by atoms with Gasteiger partial charge in [0.05, 0.1) is 0 Å². The first-order chi connectivity index (χ1) is 7.13. The van der Waals surface area contributed by atoms with E-state index in [-0.39, 0.29) is 5.82 Å². The summed E-state index contributed by atoms with van der Waals surface area (Å²) in [6, 6.07) is 5.57. The molecule has 0 fully saturated rings. The first-order valence-corrected chi connectivity index (χ1v) is 5.61. The third kappa shape index (κ3) is 4.00. The van der Waals surface area contributed by atoms with Crippen molar-refractivity contribution < 1.29 is 4.39 Å². The smallest absolute Gasteiger partial charge is 0.127 e. The van der Waals surface area contributed by atoms with Crippen LogP contribution in [0.5, 0.6) is 0 Å². The molecule has 0 bridgehead atoms. The zero-order valence-electron chi connectivity index (χ0n) is 9.81. The van der Waals surface area contributed by atoms with Crippen molar-refractivity contribution in [3.8, 4) is 0 Å². The molecule has 0 atom stereocenters. The fraction of sp³-hybridized carbons (Fsp3) is 0.538. The van der Waals surface area contributed by atoms with E-state index in [1.807, 2.05) is 19.1 Å².